The van der Waals surface area contributed by atoms with Gasteiger partial charge in [-0.1, -0.05) is 42.5 Å². The zero-order chi connectivity index (χ0) is 15.2. The number of esters is 1. The van der Waals surface area contributed by atoms with E-state index in [9.17, 15) is 4.79 Å². The highest BCUT2D eigenvalue weighted by Gasteiger charge is 2.24. The molecule has 0 fully saturated rings. The lowest BCUT2D eigenvalue weighted by molar-refractivity contribution is -0.150. The fourth-order valence-electron chi connectivity index (χ4n) is 2.75. The van der Waals surface area contributed by atoms with Gasteiger partial charge in [0.25, 0.3) is 0 Å². The molecule has 0 radical (unpaired) electrons. The Bertz CT molecular complexity index is 650. The molecule has 0 amide bonds. The number of allylic oxidation sites excluding steroid dienone is 2. The molecule has 0 spiro atoms. The topological polar surface area (TPSA) is 39.2 Å². The van der Waals surface area contributed by atoms with Crippen molar-refractivity contribution in [3.8, 4) is 0 Å². The van der Waals surface area contributed by atoms with Crippen molar-refractivity contribution in [2.24, 2.45) is 5.92 Å². The number of ether oxygens (including phenoxy) is 1. The molecule has 3 nitrogen and oxygen atoms in total. The summed E-state index contributed by atoms with van der Waals surface area (Å²) >= 11 is 0. The van der Waals surface area contributed by atoms with E-state index >= 15 is 0 Å². The monoisotopic (exact) mass is 293 g/mol. The molecular weight excluding hydrogens is 274 g/mol. The summed E-state index contributed by atoms with van der Waals surface area (Å²) in [6.07, 6.45) is 8.33. The second kappa shape index (κ2) is 7.03. The lowest BCUT2D eigenvalue weighted by Crippen LogP contribution is -2.20. The first-order valence-electron chi connectivity index (χ1n) is 7.63. The number of hydrogen-bond acceptors (Lipinski definition) is 3. The molecular formula is C19H19NO2. The molecule has 1 aromatic carbocycles. The van der Waals surface area contributed by atoms with E-state index in [1.54, 1.807) is 6.20 Å². The number of hydrogen-bond donors (Lipinski definition) is 0. The van der Waals surface area contributed by atoms with Crippen molar-refractivity contribution in [1.82, 2.24) is 4.98 Å². The molecule has 0 saturated heterocycles. The van der Waals surface area contributed by atoms with Crippen LogP contribution in [0.25, 0.3) is 5.57 Å². The van der Waals surface area contributed by atoms with E-state index in [-0.39, 0.29) is 11.9 Å². The van der Waals surface area contributed by atoms with Gasteiger partial charge in [0.05, 0.1) is 5.92 Å². The van der Waals surface area contributed by atoms with Crippen LogP contribution in [0.2, 0.25) is 0 Å². The number of carbonyl (C=O) groups excluding carboxylic acids is 1. The predicted octanol–water partition coefficient (Wildman–Crippen LogP) is 4.01. The number of rotatable bonds is 4. The van der Waals surface area contributed by atoms with E-state index in [4.69, 9.17) is 4.74 Å². The highest BCUT2D eigenvalue weighted by atomic mass is 16.5. The van der Waals surface area contributed by atoms with E-state index in [0.29, 0.717) is 6.61 Å². The maximum atomic E-state index is 12.3. The van der Waals surface area contributed by atoms with Gasteiger partial charge in [-0.3, -0.25) is 9.78 Å². The molecule has 0 bridgehead atoms. The average Bonchev–Trinajstić information content (AvgIpc) is 2.61. The van der Waals surface area contributed by atoms with Crippen molar-refractivity contribution in [2.45, 2.75) is 25.9 Å². The first kappa shape index (κ1) is 14.5. The highest BCUT2D eigenvalue weighted by molar-refractivity contribution is 5.77. The summed E-state index contributed by atoms with van der Waals surface area (Å²) in [5, 5.41) is 0. The second-order valence-corrected chi connectivity index (χ2v) is 5.54. The minimum Gasteiger partial charge on any atom is -0.461 e. The number of aromatic nitrogens is 1. The lowest BCUT2D eigenvalue weighted by Gasteiger charge is -2.21. The molecule has 0 N–H and O–H groups in total. The molecule has 1 aromatic heterocycles. The molecule has 112 valence electrons. The van der Waals surface area contributed by atoms with Gasteiger partial charge in [0.15, 0.2) is 0 Å². The molecule has 22 heavy (non-hydrogen) atoms. The van der Waals surface area contributed by atoms with Crippen molar-refractivity contribution < 1.29 is 9.53 Å². The van der Waals surface area contributed by atoms with Gasteiger partial charge < -0.3 is 4.74 Å². The molecule has 1 aliphatic rings. The Balaban J connectivity index is 1.59. The zero-order valence-corrected chi connectivity index (χ0v) is 12.4. The molecule has 1 atom stereocenters. The van der Waals surface area contributed by atoms with Crippen molar-refractivity contribution in [1.29, 1.82) is 0 Å². The normalized spacial score (nSPS) is 17.6. The molecule has 2 aromatic rings. The van der Waals surface area contributed by atoms with Crippen LogP contribution < -0.4 is 0 Å². The van der Waals surface area contributed by atoms with Crippen LogP contribution in [0.15, 0.2) is 60.9 Å². The summed E-state index contributed by atoms with van der Waals surface area (Å²) in [6, 6.07) is 13.8. The van der Waals surface area contributed by atoms with Gasteiger partial charge in [0.2, 0.25) is 0 Å². The second-order valence-electron chi connectivity index (χ2n) is 5.54. The maximum Gasteiger partial charge on any atom is 0.309 e. The molecule has 3 rings (SSSR count). The van der Waals surface area contributed by atoms with E-state index in [1.165, 1.54) is 5.57 Å². The minimum atomic E-state index is -0.0988. The van der Waals surface area contributed by atoms with Crippen LogP contribution in [-0.2, 0) is 16.1 Å². The fraction of sp³-hybridized carbons (Fsp3) is 0.263. The molecule has 3 heteroatoms. The van der Waals surface area contributed by atoms with Crippen molar-refractivity contribution in [3.05, 3.63) is 72.1 Å². The Labute approximate surface area is 130 Å². The standard InChI is InChI=1S/C19H19NO2/c21-19(22-14-15-6-2-1-3-7-15)17-9-4-8-16(12-17)18-10-5-11-20-13-18/h1-3,5-8,10-11,13,17H,4,9,12,14H2. The van der Waals surface area contributed by atoms with Crippen LogP contribution >= 0.6 is 0 Å². The largest absolute Gasteiger partial charge is 0.461 e. The summed E-state index contributed by atoms with van der Waals surface area (Å²) in [4.78, 5) is 16.4. The van der Waals surface area contributed by atoms with Gasteiger partial charge in [-0.2, -0.15) is 0 Å². The third-order valence-electron chi connectivity index (χ3n) is 3.96. The minimum absolute atomic E-state index is 0.0519. The van der Waals surface area contributed by atoms with Crippen molar-refractivity contribution >= 4 is 11.5 Å². The van der Waals surface area contributed by atoms with Crippen molar-refractivity contribution in [3.63, 3.8) is 0 Å². The SMILES string of the molecule is O=C(OCc1ccccc1)C1CCC=C(c2cccnc2)C1. The third kappa shape index (κ3) is 3.61. The first-order valence-corrected chi connectivity index (χ1v) is 7.63. The number of nitrogens with zero attached hydrogens (tertiary/aromatic N) is 1. The Morgan fingerprint density at radius 1 is 1.18 bits per heavy atom. The van der Waals surface area contributed by atoms with E-state index in [0.717, 1.165) is 30.4 Å². The summed E-state index contributed by atoms with van der Waals surface area (Å²) in [5.41, 5.74) is 3.32. The number of benzene rings is 1. The quantitative estimate of drug-likeness (QED) is 0.800. The van der Waals surface area contributed by atoms with Crippen LogP contribution in [0, 0.1) is 5.92 Å². The summed E-state index contributed by atoms with van der Waals surface area (Å²) < 4.78 is 5.47. The van der Waals surface area contributed by atoms with Crippen molar-refractivity contribution in [2.75, 3.05) is 0 Å². The van der Waals surface area contributed by atoms with Crippen LogP contribution in [0.5, 0.6) is 0 Å². The molecule has 1 heterocycles. The van der Waals surface area contributed by atoms with E-state index < -0.39 is 0 Å². The fourth-order valence-corrected chi connectivity index (χ4v) is 2.75. The Hall–Kier alpha value is -2.42. The van der Waals surface area contributed by atoms with Crippen LogP contribution in [0.4, 0.5) is 0 Å². The van der Waals surface area contributed by atoms with Crippen LogP contribution in [0.1, 0.15) is 30.4 Å². The van der Waals surface area contributed by atoms with E-state index in [2.05, 4.69) is 11.1 Å². The first-order chi connectivity index (χ1) is 10.8. The molecule has 1 aliphatic carbocycles. The smallest absolute Gasteiger partial charge is 0.309 e. The highest BCUT2D eigenvalue weighted by Crippen LogP contribution is 2.31. The molecule has 0 saturated carbocycles. The van der Waals surface area contributed by atoms with Crippen LogP contribution in [-0.4, -0.2) is 11.0 Å². The summed E-state index contributed by atoms with van der Waals surface area (Å²) in [5.74, 6) is -0.151. The van der Waals surface area contributed by atoms with Gasteiger partial charge in [0, 0.05) is 12.4 Å². The number of carbonyl (C=O) groups is 1. The number of pyridine rings is 1. The van der Waals surface area contributed by atoms with Crippen LogP contribution in [0.3, 0.4) is 0 Å². The van der Waals surface area contributed by atoms with Gasteiger partial charge in [-0.05, 0) is 42.0 Å². The molecule has 1 unspecified atom stereocenters. The third-order valence-corrected chi connectivity index (χ3v) is 3.96. The van der Waals surface area contributed by atoms with Gasteiger partial charge >= 0.3 is 5.97 Å². The van der Waals surface area contributed by atoms with Gasteiger partial charge in [0.1, 0.15) is 6.61 Å². The Kier molecular flexibility index (Phi) is 4.64. The lowest BCUT2D eigenvalue weighted by atomic mass is 9.86. The van der Waals surface area contributed by atoms with E-state index in [1.807, 2.05) is 48.7 Å². The zero-order valence-electron chi connectivity index (χ0n) is 12.4. The maximum absolute atomic E-state index is 12.3. The molecule has 0 aliphatic heterocycles. The average molecular weight is 293 g/mol. The predicted molar refractivity (Wildman–Crippen MR) is 85.8 cm³/mol. The summed E-state index contributed by atoms with van der Waals surface area (Å²) in [7, 11) is 0. The van der Waals surface area contributed by atoms with Gasteiger partial charge in [-0.25, -0.2) is 0 Å². The van der Waals surface area contributed by atoms with Gasteiger partial charge in [-0.15, -0.1) is 0 Å². The Morgan fingerprint density at radius 3 is 2.82 bits per heavy atom. The Morgan fingerprint density at radius 2 is 2.05 bits per heavy atom. The summed E-state index contributed by atoms with van der Waals surface area (Å²) in [6.45, 7) is 0.349.